The van der Waals surface area contributed by atoms with Crippen molar-refractivity contribution in [2.75, 3.05) is 13.1 Å². The summed E-state index contributed by atoms with van der Waals surface area (Å²) in [6.45, 7) is 8.98. The van der Waals surface area contributed by atoms with E-state index in [9.17, 15) is 14.4 Å². The Morgan fingerprint density at radius 2 is 1.64 bits per heavy atom. The minimum Gasteiger partial charge on any atom is -0.354 e. The smallest absolute Gasteiger partial charge is 0.251 e. The Labute approximate surface area is 168 Å². The zero-order chi connectivity index (χ0) is 20.7. The summed E-state index contributed by atoms with van der Waals surface area (Å²) in [6.07, 6.45) is 2.10. The predicted octanol–water partition coefficient (Wildman–Crippen LogP) is 2.59. The zero-order valence-electron chi connectivity index (χ0n) is 17.4. The van der Waals surface area contributed by atoms with Gasteiger partial charge in [-0.2, -0.15) is 0 Å². The van der Waals surface area contributed by atoms with Gasteiger partial charge in [0.15, 0.2) is 0 Å². The summed E-state index contributed by atoms with van der Waals surface area (Å²) >= 11 is 0. The predicted molar refractivity (Wildman–Crippen MR) is 110 cm³/mol. The lowest BCUT2D eigenvalue weighted by Crippen LogP contribution is -2.54. The van der Waals surface area contributed by atoms with Gasteiger partial charge in [0, 0.05) is 30.6 Å². The molecule has 0 radical (unpaired) electrons. The number of carbonyl (C=O) groups excluding carboxylic acids is 3. The Hall–Kier alpha value is -2.37. The third-order valence-electron chi connectivity index (χ3n) is 5.41. The highest BCUT2D eigenvalue weighted by molar-refractivity contribution is 5.97. The summed E-state index contributed by atoms with van der Waals surface area (Å²) in [4.78, 5) is 39.7. The minimum absolute atomic E-state index is 0.0297. The third-order valence-corrected chi connectivity index (χ3v) is 5.41. The molecule has 6 heteroatoms. The van der Waals surface area contributed by atoms with Crippen LogP contribution >= 0.6 is 0 Å². The maximum absolute atomic E-state index is 13.1. The number of carbonyl (C=O) groups is 3. The standard InChI is InChI=1S/C22H33N3O3/c1-5-16(4)19(24-21(27)17-9-7-6-8-10-17)22(28)25-13-11-18(12-14-25)20(26)23-15(2)3/h6-10,15-16,18-19H,5,11-14H2,1-4H3,(H,23,26)(H,24,27). The molecular formula is C22H33N3O3. The van der Waals surface area contributed by atoms with Crippen LogP contribution in [-0.2, 0) is 9.59 Å². The van der Waals surface area contributed by atoms with E-state index in [1.807, 2.05) is 45.9 Å². The second-order valence-electron chi connectivity index (χ2n) is 7.97. The number of hydrogen-bond donors (Lipinski definition) is 2. The average Bonchev–Trinajstić information content (AvgIpc) is 2.71. The first kappa shape index (κ1) is 21.9. The fraction of sp³-hybridized carbons (Fsp3) is 0.591. The van der Waals surface area contributed by atoms with E-state index in [4.69, 9.17) is 0 Å². The van der Waals surface area contributed by atoms with E-state index in [2.05, 4.69) is 10.6 Å². The average molecular weight is 388 g/mol. The van der Waals surface area contributed by atoms with Gasteiger partial charge in [-0.05, 0) is 44.7 Å². The molecule has 1 aliphatic heterocycles. The molecule has 1 saturated heterocycles. The number of nitrogens with one attached hydrogen (secondary N) is 2. The van der Waals surface area contributed by atoms with Crippen LogP contribution in [0.3, 0.4) is 0 Å². The molecule has 1 aliphatic rings. The Morgan fingerprint density at radius 1 is 1.04 bits per heavy atom. The number of nitrogens with zero attached hydrogens (tertiary/aromatic N) is 1. The number of benzene rings is 1. The number of hydrogen-bond acceptors (Lipinski definition) is 3. The molecular weight excluding hydrogens is 354 g/mol. The molecule has 1 heterocycles. The Kier molecular flexibility index (Phi) is 8.03. The highest BCUT2D eigenvalue weighted by atomic mass is 16.2. The van der Waals surface area contributed by atoms with Crippen molar-refractivity contribution in [2.24, 2.45) is 11.8 Å². The van der Waals surface area contributed by atoms with Crippen LogP contribution in [0.1, 0.15) is 57.3 Å². The van der Waals surface area contributed by atoms with Crippen LogP contribution in [0.15, 0.2) is 30.3 Å². The van der Waals surface area contributed by atoms with Gasteiger partial charge in [-0.25, -0.2) is 0 Å². The number of likely N-dealkylation sites (tertiary alicyclic amines) is 1. The van der Waals surface area contributed by atoms with Gasteiger partial charge in [-0.1, -0.05) is 38.5 Å². The molecule has 2 N–H and O–H groups in total. The van der Waals surface area contributed by atoms with E-state index in [1.54, 1.807) is 17.0 Å². The van der Waals surface area contributed by atoms with Crippen LogP contribution in [0.4, 0.5) is 0 Å². The van der Waals surface area contributed by atoms with Gasteiger partial charge in [0.05, 0.1) is 0 Å². The molecule has 1 aromatic carbocycles. The molecule has 6 nitrogen and oxygen atoms in total. The van der Waals surface area contributed by atoms with Crippen LogP contribution in [0.2, 0.25) is 0 Å². The highest BCUT2D eigenvalue weighted by Crippen LogP contribution is 2.20. The largest absolute Gasteiger partial charge is 0.354 e. The van der Waals surface area contributed by atoms with Crippen LogP contribution in [0, 0.1) is 11.8 Å². The van der Waals surface area contributed by atoms with Crippen molar-refractivity contribution in [3.05, 3.63) is 35.9 Å². The van der Waals surface area contributed by atoms with Gasteiger partial charge >= 0.3 is 0 Å². The second-order valence-corrected chi connectivity index (χ2v) is 7.97. The Morgan fingerprint density at radius 3 is 2.18 bits per heavy atom. The van der Waals surface area contributed by atoms with Crippen molar-refractivity contribution in [1.29, 1.82) is 0 Å². The van der Waals surface area contributed by atoms with Crippen LogP contribution in [0.5, 0.6) is 0 Å². The summed E-state index contributed by atoms with van der Waals surface area (Å²) in [5.41, 5.74) is 0.549. The van der Waals surface area contributed by atoms with Crippen LogP contribution in [0.25, 0.3) is 0 Å². The maximum Gasteiger partial charge on any atom is 0.251 e. The summed E-state index contributed by atoms with van der Waals surface area (Å²) in [6, 6.07) is 8.52. The van der Waals surface area contributed by atoms with Crippen molar-refractivity contribution >= 4 is 17.7 Å². The first-order chi connectivity index (χ1) is 13.3. The summed E-state index contributed by atoms with van der Waals surface area (Å²) in [7, 11) is 0. The first-order valence-corrected chi connectivity index (χ1v) is 10.3. The van der Waals surface area contributed by atoms with Crippen molar-refractivity contribution in [3.8, 4) is 0 Å². The monoisotopic (exact) mass is 387 g/mol. The summed E-state index contributed by atoms with van der Waals surface area (Å²) in [5.74, 6) is -0.237. The van der Waals surface area contributed by atoms with E-state index >= 15 is 0 Å². The van der Waals surface area contributed by atoms with E-state index in [0.717, 1.165) is 6.42 Å². The SMILES string of the molecule is CCC(C)C(NC(=O)c1ccccc1)C(=O)N1CCC(C(=O)NC(C)C)CC1. The molecule has 0 spiro atoms. The van der Waals surface area contributed by atoms with Gasteiger partial charge < -0.3 is 15.5 Å². The molecule has 0 aliphatic carbocycles. The quantitative estimate of drug-likeness (QED) is 0.755. The normalized spacial score (nSPS) is 17.1. The van der Waals surface area contributed by atoms with E-state index in [1.165, 1.54) is 0 Å². The van der Waals surface area contributed by atoms with Crippen LogP contribution in [-0.4, -0.2) is 47.8 Å². The number of rotatable bonds is 7. The van der Waals surface area contributed by atoms with Gasteiger partial charge in [0.25, 0.3) is 5.91 Å². The molecule has 28 heavy (non-hydrogen) atoms. The van der Waals surface area contributed by atoms with Crippen molar-refractivity contribution in [3.63, 3.8) is 0 Å². The molecule has 1 fully saturated rings. The van der Waals surface area contributed by atoms with Crippen molar-refractivity contribution < 1.29 is 14.4 Å². The van der Waals surface area contributed by atoms with Gasteiger partial charge in [0.2, 0.25) is 11.8 Å². The van der Waals surface area contributed by atoms with E-state index in [0.29, 0.717) is 31.5 Å². The topological polar surface area (TPSA) is 78.5 Å². The van der Waals surface area contributed by atoms with Gasteiger partial charge in [-0.3, -0.25) is 14.4 Å². The summed E-state index contributed by atoms with van der Waals surface area (Å²) in [5, 5.41) is 5.88. The summed E-state index contributed by atoms with van der Waals surface area (Å²) < 4.78 is 0. The molecule has 0 aromatic heterocycles. The molecule has 154 valence electrons. The van der Waals surface area contributed by atoms with Crippen LogP contribution < -0.4 is 10.6 Å². The third kappa shape index (κ3) is 5.81. The molecule has 2 atom stereocenters. The fourth-order valence-corrected chi connectivity index (χ4v) is 3.46. The maximum atomic E-state index is 13.1. The molecule has 3 amide bonds. The van der Waals surface area contributed by atoms with E-state index < -0.39 is 6.04 Å². The molecule has 2 unspecified atom stereocenters. The molecule has 2 rings (SSSR count). The number of amides is 3. The zero-order valence-corrected chi connectivity index (χ0v) is 17.4. The number of piperidine rings is 1. The molecule has 0 saturated carbocycles. The minimum atomic E-state index is -0.557. The molecule has 1 aromatic rings. The van der Waals surface area contributed by atoms with Gasteiger partial charge in [-0.15, -0.1) is 0 Å². The van der Waals surface area contributed by atoms with E-state index in [-0.39, 0.29) is 35.6 Å². The second kappa shape index (κ2) is 10.2. The fourth-order valence-electron chi connectivity index (χ4n) is 3.46. The van der Waals surface area contributed by atoms with Gasteiger partial charge in [0.1, 0.15) is 6.04 Å². The highest BCUT2D eigenvalue weighted by Gasteiger charge is 2.33. The van der Waals surface area contributed by atoms with Crippen molar-refractivity contribution in [1.82, 2.24) is 15.5 Å². The lowest BCUT2D eigenvalue weighted by molar-refractivity contribution is -0.138. The lowest BCUT2D eigenvalue weighted by Gasteiger charge is -2.35. The molecule has 0 bridgehead atoms. The van der Waals surface area contributed by atoms with Crippen molar-refractivity contribution in [2.45, 2.75) is 59.0 Å². The Balaban J connectivity index is 2.00. The first-order valence-electron chi connectivity index (χ1n) is 10.3. The Bertz CT molecular complexity index is 667. The lowest BCUT2D eigenvalue weighted by atomic mass is 9.93.